The van der Waals surface area contributed by atoms with E-state index >= 15 is 0 Å². The molecule has 0 saturated heterocycles. The van der Waals surface area contributed by atoms with Crippen LogP contribution in [0.15, 0.2) is 42.5 Å². The highest BCUT2D eigenvalue weighted by Gasteiger charge is 2.20. The van der Waals surface area contributed by atoms with Gasteiger partial charge in [-0.3, -0.25) is 4.79 Å². The molecule has 0 aliphatic carbocycles. The molecule has 2 aromatic rings. The molecule has 1 aliphatic heterocycles. The van der Waals surface area contributed by atoms with Crippen LogP contribution in [0, 0.1) is 11.3 Å². The fourth-order valence-corrected chi connectivity index (χ4v) is 2.85. The van der Waals surface area contributed by atoms with E-state index in [-0.39, 0.29) is 18.5 Å². The number of fused-ring (bicyclic) bond motifs is 1. The third kappa shape index (κ3) is 4.72. The first-order valence-electron chi connectivity index (χ1n) is 8.58. The molecule has 0 aromatic heterocycles. The van der Waals surface area contributed by atoms with Gasteiger partial charge >= 0.3 is 5.97 Å². The van der Waals surface area contributed by atoms with Gasteiger partial charge in [-0.2, -0.15) is 5.26 Å². The first kappa shape index (κ1) is 19.5. The molecule has 7 nitrogen and oxygen atoms in total. The molecule has 0 radical (unpaired) electrons. The van der Waals surface area contributed by atoms with Gasteiger partial charge in [-0.1, -0.05) is 17.7 Å². The van der Waals surface area contributed by atoms with Crippen LogP contribution >= 0.6 is 11.6 Å². The second kappa shape index (κ2) is 9.11. The first-order valence-corrected chi connectivity index (χ1v) is 8.96. The number of esters is 1. The minimum absolute atomic E-state index is 0.133. The fraction of sp³-hybridized carbons (Fsp3) is 0.250. The van der Waals surface area contributed by atoms with Crippen LogP contribution in [0.1, 0.15) is 16.8 Å². The smallest absolute Gasteiger partial charge is 0.338 e. The summed E-state index contributed by atoms with van der Waals surface area (Å²) in [6.07, 6.45) is 0.133. The van der Waals surface area contributed by atoms with Crippen molar-refractivity contribution in [2.24, 2.45) is 0 Å². The Kier molecular flexibility index (Phi) is 6.35. The SMILES string of the molecule is N#CCCN(C(=O)COC(=O)c1ccc2c(c1)OCCO2)c1cccc(Cl)c1. The van der Waals surface area contributed by atoms with Crippen molar-refractivity contribution < 1.29 is 23.8 Å². The largest absolute Gasteiger partial charge is 0.486 e. The monoisotopic (exact) mass is 400 g/mol. The van der Waals surface area contributed by atoms with E-state index in [0.717, 1.165) is 0 Å². The second-order valence-electron chi connectivity index (χ2n) is 5.87. The normalized spacial score (nSPS) is 12.0. The molecule has 28 heavy (non-hydrogen) atoms. The summed E-state index contributed by atoms with van der Waals surface area (Å²) < 4.78 is 16.0. The minimum atomic E-state index is -0.656. The number of amides is 1. The summed E-state index contributed by atoms with van der Waals surface area (Å²) in [7, 11) is 0. The van der Waals surface area contributed by atoms with Crippen LogP contribution in [0.4, 0.5) is 5.69 Å². The summed E-state index contributed by atoms with van der Waals surface area (Å²) in [6.45, 7) is 0.549. The Balaban J connectivity index is 1.66. The molecule has 1 amide bonds. The van der Waals surface area contributed by atoms with Gasteiger partial charge in [0.25, 0.3) is 5.91 Å². The highest BCUT2D eigenvalue weighted by molar-refractivity contribution is 6.30. The molecule has 1 aliphatic rings. The van der Waals surface area contributed by atoms with Gasteiger partial charge in [0.1, 0.15) is 13.2 Å². The van der Waals surface area contributed by atoms with Crippen molar-refractivity contribution in [2.45, 2.75) is 6.42 Å². The molecule has 3 rings (SSSR count). The van der Waals surface area contributed by atoms with Crippen molar-refractivity contribution >= 4 is 29.2 Å². The summed E-state index contributed by atoms with van der Waals surface area (Å²) >= 11 is 5.98. The molecule has 0 spiro atoms. The van der Waals surface area contributed by atoms with E-state index in [2.05, 4.69) is 0 Å². The molecule has 2 aromatic carbocycles. The Hall–Kier alpha value is -3.24. The molecule has 0 unspecified atom stereocenters. The average molecular weight is 401 g/mol. The maximum Gasteiger partial charge on any atom is 0.338 e. The van der Waals surface area contributed by atoms with Gasteiger partial charge in [-0.25, -0.2) is 4.79 Å². The van der Waals surface area contributed by atoms with Crippen molar-refractivity contribution in [2.75, 3.05) is 31.3 Å². The zero-order valence-corrected chi connectivity index (χ0v) is 15.6. The Labute approximate surface area is 167 Å². The lowest BCUT2D eigenvalue weighted by Crippen LogP contribution is -2.35. The van der Waals surface area contributed by atoms with E-state index in [1.165, 1.54) is 11.0 Å². The van der Waals surface area contributed by atoms with Gasteiger partial charge in [0.2, 0.25) is 0 Å². The average Bonchev–Trinajstić information content (AvgIpc) is 2.72. The zero-order chi connectivity index (χ0) is 19.9. The Morgan fingerprint density at radius 1 is 1.14 bits per heavy atom. The molecule has 8 heteroatoms. The summed E-state index contributed by atoms with van der Waals surface area (Å²) in [4.78, 5) is 26.2. The summed E-state index contributed by atoms with van der Waals surface area (Å²) in [5.41, 5.74) is 0.784. The van der Waals surface area contributed by atoms with E-state index in [1.54, 1.807) is 36.4 Å². The number of hydrogen-bond donors (Lipinski definition) is 0. The molecular formula is C20H17ClN2O5. The van der Waals surface area contributed by atoms with E-state index in [0.29, 0.717) is 35.4 Å². The third-order valence-corrected chi connectivity index (χ3v) is 4.21. The van der Waals surface area contributed by atoms with Crippen molar-refractivity contribution in [3.8, 4) is 17.6 Å². The Bertz CT molecular complexity index is 925. The van der Waals surface area contributed by atoms with Crippen molar-refractivity contribution in [3.05, 3.63) is 53.1 Å². The number of carbonyl (C=O) groups is 2. The molecule has 0 fully saturated rings. The van der Waals surface area contributed by atoms with E-state index in [1.807, 2.05) is 6.07 Å². The van der Waals surface area contributed by atoms with Crippen LogP contribution in [0.3, 0.4) is 0 Å². The highest BCUT2D eigenvalue weighted by Crippen LogP contribution is 2.31. The van der Waals surface area contributed by atoms with Crippen molar-refractivity contribution in [1.82, 2.24) is 0 Å². The number of nitrogens with zero attached hydrogens (tertiary/aromatic N) is 2. The topological polar surface area (TPSA) is 88.9 Å². The molecule has 0 atom stereocenters. The number of hydrogen-bond acceptors (Lipinski definition) is 6. The highest BCUT2D eigenvalue weighted by atomic mass is 35.5. The summed E-state index contributed by atoms with van der Waals surface area (Å²) in [6, 6.07) is 13.4. The third-order valence-electron chi connectivity index (χ3n) is 3.97. The van der Waals surface area contributed by atoms with E-state index in [4.69, 9.17) is 31.1 Å². The van der Waals surface area contributed by atoms with Crippen LogP contribution in [-0.4, -0.2) is 38.2 Å². The number of anilines is 1. The van der Waals surface area contributed by atoms with E-state index in [9.17, 15) is 9.59 Å². The van der Waals surface area contributed by atoms with Crippen LogP contribution in [-0.2, 0) is 9.53 Å². The molecule has 0 N–H and O–H groups in total. The minimum Gasteiger partial charge on any atom is -0.486 e. The van der Waals surface area contributed by atoms with Gasteiger partial charge in [-0.05, 0) is 36.4 Å². The van der Waals surface area contributed by atoms with Crippen molar-refractivity contribution in [3.63, 3.8) is 0 Å². The molecule has 144 valence electrons. The number of rotatable bonds is 6. The lowest BCUT2D eigenvalue weighted by Gasteiger charge is -2.22. The zero-order valence-electron chi connectivity index (χ0n) is 14.9. The quantitative estimate of drug-likeness (QED) is 0.692. The molecule has 0 bridgehead atoms. The van der Waals surface area contributed by atoms with Crippen LogP contribution in [0.25, 0.3) is 0 Å². The van der Waals surface area contributed by atoms with Gasteiger partial charge in [0, 0.05) is 17.3 Å². The fourth-order valence-electron chi connectivity index (χ4n) is 2.66. The van der Waals surface area contributed by atoms with Crippen LogP contribution < -0.4 is 14.4 Å². The molecule has 0 saturated carbocycles. The Morgan fingerprint density at radius 2 is 1.93 bits per heavy atom. The second-order valence-corrected chi connectivity index (χ2v) is 6.30. The summed E-state index contributed by atoms with van der Waals surface area (Å²) in [5.74, 6) is -0.0934. The number of halogens is 1. The van der Waals surface area contributed by atoms with Gasteiger partial charge in [0.15, 0.2) is 18.1 Å². The first-order chi connectivity index (χ1) is 13.6. The van der Waals surface area contributed by atoms with Gasteiger partial charge in [-0.15, -0.1) is 0 Å². The van der Waals surface area contributed by atoms with Gasteiger partial charge < -0.3 is 19.1 Å². The number of ether oxygens (including phenoxy) is 3. The number of benzene rings is 2. The molecule has 1 heterocycles. The predicted octanol–water partition coefficient (Wildman–Crippen LogP) is 3.21. The van der Waals surface area contributed by atoms with Gasteiger partial charge in [0.05, 0.1) is 18.1 Å². The standard InChI is InChI=1S/C20H17ClN2O5/c21-15-3-1-4-16(12-15)23(8-2-7-22)19(24)13-28-20(25)14-5-6-17-18(11-14)27-10-9-26-17/h1,3-6,11-12H,2,8-10,13H2. The number of nitriles is 1. The Morgan fingerprint density at radius 3 is 2.68 bits per heavy atom. The van der Waals surface area contributed by atoms with Crippen LogP contribution in [0.2, 0.25) is 5.02 Å². The lowest BCUT2D eigenvalue weighted by molar-refractivity contribution is -0.121. The summed E-state index contributed by atoms with van der Waals surface area (Å²) in [5, 5.41) is 9.30. The maximum atomic E-state index is 12.6. The maximum absolute atomic E-state index is 12.6. The van der Waals surface area contributed by atoms with E-state index < -0.39 is 18.5 Å². The lowest BCUT2D eigenvalue weighted by atomic mass is 10.2. The number of carbonyl (C=O) groups excluding carboxylic acids is 2. The van der Waals surface area contributed by atoms with Crippen LogP contribution in [0.5, 0.6) is 11.5 Å². The predicted molar refractivity (Wildman–Crippen MR) is 102 cm³/mol. The van der Waals surface area contributed by atoms with Crippen molar-refractivity contribution in [1.29, 1.82) is 5.26 Å². The molecular weight excluding hydrogens is 384 g/mol.